The van der Waals surface area contributed by atoms with Gasteiger partial charge in [-0.05, 0) is 33.6 Å². The van der Waals surface area contributed by atoms with E-state index in [0.29, 0.717) is 15.8 Å². The Kier molecular flexibility index (Phi) is 8.63. The molecule has 2 aromatic rings. The number of carbonyl (C=O) groups is 3. The zero-order chi connectivity index (χ0) is 26.6. The van der Waals surface area contributed by atoms with E-state index < -0.39 is 53.7 Å². The predicted octanol–water partition coefficient (Wildman–Crippen LogP) is 0.548. The molecule has 0 spiro atoms. The van der Waals surface area contributed by atoms with Crippen LogP contribution >= 0.6 is 15.9 Å². The quantitative estimate of drug-likeness (QED) is 0.323. The van der Waals surface area contributed by atoms with Crippen LogP contribution in [-0.4, -0.2) is 64.3 Å². The van der Waals surface area contributed by atoms with Crippen LogP contribution in [0.4, 0.5) is 0 Å². The number of aromatic nitrogens is 3. The summed E-state index contributed by atoms with van der Waals surface area (Å²) in [6.45, 7) is 2.97. The molecule has 1 saturated heterocycles. The zero-order valence-electron chi connectivity index (χ0n) is 19.8. The second-order valence-electron chi connectivity index (χ2n) is 7.78. The number of carbonyl (C=O) groups excluding carboxylic acids is 3. The van der Waals surface area contributed by atoms with Gasteiger partial charge in [-0.3, -0.25) is 23.7 Å². The van der Waals surface area contributed by atoms with Crippen LogP contribution in [0.2, 0.25) is 0 Å². The largest absolute Gasteiger partial charge is 0.496 e. The maximum absolute atomic E-state index is 13.3. The molecule has 0 unspecified atom stereocenters. The molecule has 1 aliphatic rings. The normalized spacial score (nSPS) is 21.0. The van der Waals surface area contributed by atoms with Crippen molar-refractivity contribution >= 4 is 33.8 Å². The Hall–Kier alpha value is -3.52. The average Bonchev–Trinajstić information content (AvgIpc) is 3.11. The monoisotopic (exact) mass is 569 g/mol. The highest BCUT2D eigenvalue weighted by Gasteiger charge is 2.51. The molecule has 0 amide bonds. The fourth-order valence-corrected chi connectivity index (χ4v) is 4.24. The molecule has 0 radical (unpaired) electrons. The summed E-state index contributed by atoms with van der Waals surface area (Å²) in [5.74, 6) is -1.52. The fourth-order valence-electron chi connectivity index (χ4n) is 3.65. The molecule has 4 atom stereocenters. The summed E-state index contributed by atoms with van der Waals surface area (Å²) < 4.78 is 29.0. The molecule has 1 fully saturated rings. The van der Waals surface area contributed by atoms with Crippen LogP contribution in [0.3, 0.4) is 0 Å². The highest BCUT2D eigenvalue weighted by molar-refractivity contribution is 9.10. The van der Waals surface area contributed by atoms with E-state index in [1.807, 2.05) is 0 Å². The summed E-state index contributed by atoms with van der Waals surface area (Å²) in [4.78, 5) is 60.8. The second kappa shape index (κ2) is 11.5. The first-order chi connectivity index (χ1) is 17.0. The molecule has 1 aliphatic heterocycles. The summed E-state index contributed by atoms with van der Waals surface area (Å²) in [6.07, 6.45) is -4.10. The van der Waals surface area contributed by atoms with Gasteiger partial charge in [0, 0.05) is 20.8 Å². The van der Waals surface area contributed by atoms with Crippen molar-refractivity contribution in [1.82, 2.24) is 14.3 Å². The van der Waals surface area contributed by atoms with Crippen LogP contribution in [0.5, 0.6) is 5.75 Å². The number of nitrogens with zero attached hydrogens (tertiary/aromatic N) is 3. The SMILES string of the molecule is COc1ccc(Cn2c(=O)cnn([C@H]3O[C@@H](COC(C)=O)[C@@H](OC(C)=O)[C@H]3OC(C)=O)c2=O)cc1Br. The third-order valence-corrected chi connectivity index (χ3v) is 5.74. The molecule has 0 N–H and O–H groups in total. The molecule has 0 aliphatic carbocycles. The fraction of sp³-hybridized carbons (Fsp3) is 0.455. The molecule has 3 rings (SSSR count). The van der Waals surface area contributed by atoms with Gasteiger partial charge >= 0.3 is 23.6 Å². The molecular weight excluding hydrogens is 546 g/mol. The van der Waals surface area contributed by atoms with Crippen molar-refractivity contribution in [3.63, 3.8) is 0 Å². The van der Waals surface area contributed by atoms with Gasteiger partial charge in [-0.2, -0.15) is 9.78 Å². The van der Waals surface area contributed by atoms with Gasteiger partial charge in [-0.1, -0.05) is 6.07 Å². The number of hydrogen-bond acceptors (Lipinski definition) is 11. The van der Waals surface area contributed by atoms with Crippen LogP contribution in [0.15, 0.2) is 38.5 Å². The lowest BCUT2D eigenvalue weighted by Gasteiger charge is -2.23. The first-order valence-electron chi connectivity index (χ1n) is 10.7. The van der Waals surface area contributed by atoms with Gasteiger partial charge in [0.25, 0.3) is 5.56 Å². The minimum absolute atomic E-state index is 0.113. The van der Waals surface area contributed by atoms with Gasteiger partial charge in [-0.15, -0.1) is 0 Å². The van der Waals surface area contributed by atoms with E-state index in [2.05, 4.69) is 21.0 Å². The lowest BCUT2D eigenvalue weighted by molar-refractivity contribution is -0.166. The van der Waals surface area contributed by atoms with E-state index in [-0.39, 0.29) is 13.2 Å². The van der Waals surface area contributed by atoms with Crippen LogP contribution in [0.1, 0.15) is 32.6 Å². The Morgan fingerprint density at radius 1 is 1.06 bits per heavy atom. The predicted molar refractivity (Wildman–Crippen MR) is 124 cm³/mol. The van der Waals surface area contributed by atoms with Gasteiger partial charge in [0.05, 0.1) is 18.1 Å². The van der Waals surface area contributed by atoms with Crippen LogP contribution in [-0.2, 0) is 39.9 Å². The van der Waals surface area contributed by atoms with Crippen LogP contribution < -0.4 is 16.0 Å². The smallest absolute Gasteiger partial charge is 0.350 e. The highest BCUT2D eigenvalue weighted by Crippen LogP contribution is 2.33. The average molecular weight is 570 g/mol. The molecule has 1 aromatic heterocycles. The molecule has 14 heteroatoms. The number of halogens is 1. The molecule has 13 nitrogen and oxygen atoms in total. The number of rotatable bonds is 8. The summed E-state index contributed by atoms with van der Waals surface area (Å²) in [7, 11) is 1.50. The van der Waals surface area contributed by atoms with E-state index in [4.69, 9.17) is 23.7 Å². The summed E-state index contributed by atoms with van der Waals surface area (Å²) in [5, 5.41) is 3.88. The molecule has 2 heterocycles. The van der Waals surface area contributed by atoms with Crippen molar-refractivity contribution < 1.29 is 38.1 Å². The van der Waals surface area contributed by atoms with Gasteiger partial charge in [0.1, 0.15) is 24.7 Å². The number of hydrogen-bond donors (Lipinski definition) is 0. The van der Waals surface area contributed by atoms with E-state index in [9.17, 15) is 24.0 Å². The maximum atomic E-state index is 13.3. The topological polar surface area (TPSA) is 154 Å². The molecule has 36 heavy (non-hydrogen) atoms. The minimum Gasteiger partial charge on any atom is -0.496 e. The first kappa shape index (κ1) is 27.1. The third kappa shape index (κ3) is 6.18. The molecular formula is C22H24BrN3O10. The Labute approximate surface area is 213 Å². The standard InChI is InChI=1S/C22H24BrN3O10/c1-11(27)33-10-17-19(34-12(2)28)20(35-13(3)29)21(36-17)26-22(31)25(18(30)8-24-26)9-14-5-6-16(32-4)15(23)7-14/h5-8,17,19-21H,9-10H2,1-4H3/t17-,19+,20+,21-/m0/s1. The van der Waals surface area contributed by atoms with E-state index >= 15 is 0 Å². The zero-order valence-corrected chi connectivity index (χ0v) is 21.4. The van der Waals surface area contributed by atoms with Crippen molar-refractivity contribution in [3.05, 3.63) is 55.3 Å². The molecule has 0 saturated carbocycles. The van der Waals surface area contributed by atoms with E-state index in [0.717, 1.165) is 29.3 Å². The van der Waals surface area contributed by atoms with Crippen LogP contribution in [0.25, 0.3) is 0 Å². The van der Waals surface area contributed by atoms with Gasteiger partial charge in [-0.25, -0.2) is 4.79 Å². The third-order valence-electron chi connectivity index (χ3n) is 5.12. The van der Waals surface area contributed by atoms with Crippen molar-refractivity contribution in [1.29, 1.82) is 0 Å². The summed E-state index contributed by atoms with van der Waals surface area (Å²) in [6, 6.07) is 5.04. The van der Waals surface area contributed by atoms with Gasteiger partial charge in [0.15, 0.2) is 18.4 Å². The Morgan fingerprint density at radius 3 is 2.31 bits per heavy atom. The second-order valence-corrected chi connectivity index (χ2v) is 8.64. The molecule has 1 aromatic carbocycles. The Morgan fingerprint density at radius 2 is 1.72 bits per heavy atom. The van der Waals surface area contributed by atoms with E-state index in [1.165, 1.54) is 14.0 Å². The molecule has 0 bridgehead atoms. The highest BCUT2D eigenvalue weighted by atomic mass is 79.9. The van der Waals surface area contributed by atoms with E-state index in [1.54, 1.807) is 18.2 Å². The van der Waals surface area contributed by atoms with Crippen molar-refractivity contribution in [2.45, 2.75) is 51.9 Å². The number of benzene rings is 1. The van der Waals surface area contributed by atoms with Crippen molar-refractivity contribution in [3.8, 4) is 5.75 Å². The number of ether oxygens (including phenoxy) is 5. The lowest BCUT2D eigenvalue weighted by Crippen LogP contribution is -2.46. The Bertz CT molecular complexity index is 1270. The van der Waals surface area contributed by atoms with Crippen LogP contribution in [0, 0.1) is 0 Å². The molecule has 194 valence electrons. The number of methoxy groups -OCH3 is 1. The Balaban J connectivity index is 2.02. The summed E-state index contributed by atoms with van der Waals surface area (Å²) >= 11 is 3.36. The number of esters is 3. The van der Waals surface area contributed by atoms with Crippen molar-refractivity contribution in [2.24, 2.45) is 0 Å². The van der Waals surface area contributed by atoms with Gasteiger partial charge in [0.2, 0.25) is 0 Å². The first-order valence-corrected chi connectivity index (χ1v) is 11.5. The van der Waals surface area contributed by atoms with Crippen molar-refractivity contribution in [2.75, 3.05) is 13.7 Å². The van der Waals surface area contributed by atoms with Gasteiger partial charge < -0.3 is 23.7 Å². The summed E-state index contributed by atoms with van der Waals surface area (Å²) in [5.41, 5.74) is -0.946. The maximum Gasteiger partial charge on any atom is 0.350 e. The minimum atomic E-state index is -1.39. The lowest BCUT2D eigenvalue weighted by atomic mass is 10.1.